The molecule has 1 aliphatic carbocycles. The standard InChI is InChI=1S/C29H26P/c1-30(2,26-21-13-6-14-22-26)29(25-19-11-5-12-20-25)27(23-15-7-3-8-16-23)28(29)24-17-9-4-10-18-24/h3-22H,1-2H3/q+1. The minimum Gasteiger partial charge on any atom is -0.0622 e. The van der Waals surface area contributed by atoms with Gasteiger partial charge in [-0.1, -0.05) is 109 Å². The van der Waals surface area contributed by atoms with Gasteiger partial charge in [-0.15, -0.1) is 0 Å². The van der Waals surface area contributed by atoms with Crippen molar-refractivity contribution in [2.75, 3.05) is 13.3 Å². The van der Waals surface area contributed by atoms with E-state index < -0.39 is 7.26 Å². The Morgan fingerprint density at radius 3 is 1.27 bits per heavy atom. The molecule has 30 heavy (non-hydrogen) atoms. The van der Waals surface area contributed by atoms with Crippen molar-refractivity contribution in [3.8, 4) is 0 Å². The molecule has 0 saturated carbocycles. The van der Waals surface area contributed by atoms with Crippen LogP contribution in [0.3, 0.4) is 0 Å². The molecule has 0 spiro atoms. The van der Waals surface area contributed by atoms with E-state index in [1.54, 1.807) is 0 Å². The third-order valence-electron chi connectivity index (χ3n) is 6.47. The molecule has 0 amide bonds. The molecule has 0 nitrogen and oxygen atoms in total. The van der Waals surface area contributed by atoms with Gasteiger partial charge in [-0.25, -0.2) is 0 Å². The molecule has 0 unspecified atom stereocenters. The quantitative estimate of drug-likeness (QED) is 0.310. The smallest absolute Gasteiger partial charge is 0.0622 e. The number of allylic oxidation sites excluding steroid dienone is 2. The van der Waals surface area contributed by atoms with Crippen LogP contribution >= 0.6 is 7.26 Å². The van der Waals surface area contributed by atoms with Crippen LogP contribution in [-0.4, -0.2) is 13.3 Å². The van der Waals surface area contributed by atoms with Gasteiger partial charge in [0.1, 0.15) is 0 Å². The topological polar surface area (TPSA) is 0 Å². The molecule has 0 fully saturated rings. The third kappa shape index (κ3) is 2.79. The van der Waals surface area contributed by atoms with E-state index in [1.807, 2.05) is 0 Å². The highest BCUT2D eigenvalue weighted by molar-refractivity contribution is 7.84. The van der Waals surface area contributed by atoms with E-state index in [4.69, 9.17) is 0 Å². The predicted molar refractivity (Wildman–Crippen MR) is 133 cm³/mol. The normalized spacial score (nSPS) is 15.1. The molecule has 1 aliphatic rings. The second kappa shape index (κ2) is 7.38. The number of hydrogen-bond acceptors (Lipinski definition) is 0. The first kappa shape index (κ1) is 19.0. The Labute approximate surface area is 180 Å². The zero-order valence-corrected chi connectivity index (χ0v) is 18.4. The summed E-state index contributed by atoms with van der Waals surface area (Å²) in [4.78, 5) is 0. The van der Waals surface area contributed by atoms with Crippen molar-refractivity contribution in [3.63, 3.8) is 0 Å². The van der Waals surface area contributed by atoms with Gasteiger partial charge in [-0.2, -0.15) is 0 Å². The lowest BCUT2D eigenvalue weighted by Crippen LogP contribution is -2.25. The lowest BCUT2D eigenvalue weighted by molar-refractivity contribution is 1.12. The SMILES string of the molecule is C[P+](C)(c1ccccc1)C1(c2ccccc2)C(c2ccccc2)=C1c1ccccc1. The lowest BCUT2D eigenvalue weighted by atomic mass is 10.00. The molecule has 0 aliphatic heterocycles. The van der Waals surface area contributed by atoms with Gasteiger partial charge in [-0.05, 0) is 23.3 Å². The molecule has 146 valence electrons. The van der Waals surface area contributed by atoms with Crippen molar-refractivity contribution in [3.05, 3.63) is 138 Å². The number of rotatable bonds is 5. The van der Waals surface area contributed by atoms with Crippen LogP contribution in [0.25, 0.3) is 11.1 Å². The molecule has 0 N–H and O–H groups in total. The number of hydrogen-bond donors (Lipinski definition) is 0. The van der Waals surface area contributed by atoms with E-state index in [-0.39, 0.29) is 5.16 Å². The summed E-state index contributed by atoms with van der Waals surface area (Å²) in [6, 6.07) is 44.2. The zero-order valence-electron chi connectivity index (χ0n) is 17.5. The predicted octanol–water partition coefficient (Wildman–Crippen LogP) is 7.11. The maximum Gasteiger partial charge on any atom is 0.160 e. The Kier molecular flexibility index (Phi) is 4.69. The monoisotopic (exact) mass is 405 g/mol. The molecule has 0 bridgehead atoms. The molecule has 0 saturated heterocycles. The Morgan fingerprint density at radius 1 is 0.467 bits per heavy atom. The van der Waals surface area contributed by atoms with E-state index in [0.29, 0.717) is 0 Å². The van der Waals surface area contributed by atoms with Crippen LogP contribution < -0.4 is 5.30 Å². The van der Waals surface area contributed by atoms with E-state index in [1.165, 1.54) is 33.1 Å². The first-order valence-corrected chi connectivity index (χ1v) is 13.2. The second-order valence-corrected chi connectivity index (χ2v) is 12.4. The first-order chi connectivity index (χ1) is 14.7. The Bertz CT molecular complexity index is 1120. The van der Waals surface area contributed by atoms with Crippen LogP contribution in [0, 0.1) is 0 Å². The van der Waals surface area contributed by atoms with Gasteiger partial charge in [-0.3, -0.25) is 0 Å². The van der Waals surface area contributed by atoms with Gasteiger partial charge in [0.05, 0.1) is 25.9 Å². The van der Waals surface area contributed by atoms with Gasteiger partial charge in [0, 0.05) is 16.7 Å². The fourth-order valence-corrected chi connectivity index (χ4v) is 8.67. The summed E-state index contributed by atoms with van der Waals surface area (Å²) < 4.78 is 0. The Balaban J connectivity index is 1.81. The maximum atomic E-state index is 2.51. The fourth-order valence-electron chi connectivity index (χ4n) is 5.03. The molecule has 0 aromatic heterocycles. The zero-order chi connectivity index (χ0) is 20.6. The fraction of sp³-hybridized carbons (Fsp3) is 0.103. The van der Waals surface area contributed by atoms with Crippen molar-refractivity contribution >= 4 is 23.7 Å². The van der Waals surface area contributed by atoms with Crippen LogP contribution in [0.4, 0.5) is 0 Å². The number of benzene rings is 4. The summed E-state index contributed by atoms with van der Waals surface area (Å²) in [6.07, 6.45) is 0. The summed E-state index contributed by atoms with van der Waals surface area (Å²) in [6.45, 7) is 5.02. The second-order valence-electron chi connectivity index (χ2n) is 8.35. The molecule has 5 rings (SSSR count). The molecular formula is C29H26P+. The van der Waals surface area contributed by atoms with Gasteiger partial charge in [0.25, 0.3) is 0 Å². The molecule has 1 heteroatoms. The van der Waals surface area contributed by atoms with Crippen molar-refractivity contribution in [1.29, 1.82) is 0 Å². The third-order valence-corrected chi connectivity index (χ3v) is 10.4. The molecule has 4 aromatic rings. The molecular weight excluding hydrogens is 379 g/mol. The summed E-state index contributed by atoms with van der Waals surface area (Å²) in [7, 11) is -1.63. The van der Waals surface area contributed by atoms with Crippen LogP contribution in [0.2, 0.25) is 0 Å². The van der Waals surface area contributed by atoms with Gasteiger partial charge in [0.15, 0.2) is 5.16 Å². The van der Waals surface area contributed by atoms with E-state index in [2.05, 4.69) is 135 Å². The van der Waals surface area contributed by atoms with Crippen molar-refractivity contribution < 1.29 is 0 Å². The van der Waals surface area contributed by atoms with Gasteiger partial charge >= 0.3 is 0 Å². The highest BCUT2D eigenvalue weighted by Crippen LogP contribution is 2.85. The molecule has 0 radical (unpaired) electrons. The maximum absolute atomic E-state index is 2.51. The molecule has 0 heterocycles. The van der Waals surface area contributed by atoms with Crippen molar-refractivity contribution in [2.45, 2.75) is 5.16 Å². The highest BCUT2D eigenvalue weighted by Gasteiger charge is 2.70. The van der Waals surface area contributed by atoms with Gasteiger partial charge < -0.3 is 0 Å². The summed E-state index contributed by atoms with van der Waals surface area (Å²) in [5.74, 6) is 0. The minimum absolute atomic E-state index is 0.0711. The van der Waals surface area contributed by atoms with Gasteiger partial charge in [0.2, 0.25) is 0 Å². The Hall–Kier alpha value is -2.95. The first-order valence-electron chi connectivity index (χ1n) is 10.5. The summed E-state index contributed by atoms with van der Waals surface area (Å²) in [5.41, 5.74) is 7.06. The molecule has 0 atom stereocenters. The van der Waals surface area contributed by atoms with Crippen molar-refractivity contribution in [1.82, 2.24) is 0 Å². The van der Waals surface area contributed by atoms with Crippen LogP contribution in [0.1, 0.15) is 16.7 Å². The molecule has 4 aromatic carbocycles. The van der Waals surface area contributed by atoms with E-state index >= 15 is 0 Å². The highest BCUT2D eigenvalue weighted by atomic mass is 31.2. The van der Waals surface area contributed by atoms with Crippen molar-refractivity contribution in [2.24, 2.45) is 0 Å². The van der Waals surface area contributed by atoms with Crippen LogP contribution in [0.5, 0.6) is 0 Å². The van der Waals surface area contributed by atoms with Crippen LogP contribution in [-0.2, 0) is 5.16 Å². The van der Waals surface area contributed by atoms with Crippen LogP contribution in [0.15, 0.2) is 121 Å². The summed E-state index contributed by atoms with van der Waals surface area (Å²) >= 11 is 0. The average Bonchev–Trinajstić information content (AvgIpc) is 3.54. The minimum atomic E-state index is -1.63. The van der Waals surface area contributed by atoms with E-state index in [9.17, 15) is 0 Å². The van der Waals surface area contributed by atoms with E-state index in [0.717, 1.165) is 0 Å². The Morgan fingerprint density at radius 2 is 0.833 bits per heavy atom. The lowest BCUT2D eigenvalue weighted by Gasteiger charge is -2.32. The average molecular weight is 406 g/mol. The largest absolute Gasteiger partial charge is 0.160 e. The summed E-state index contributed by atoms with van der Waals surface area (Å²) in [5, 5.41) is 1.39.